The molecule has 1 aromatic carbocycles. The molecule has 20 heavy (non-hydrogen) atoms. The summed E-state index contributed by atoms with van der Waals surface area (Å²) in [4.78, 5) is 3.84. The average Bonchev–Trinajstić information content (AvgIpc) is 2.38. The van der Waals surface area contributed by atoms with Crippen LogP contribution < -0.4 is 9.47 Å². The van der Waals surface area contributed by atoms with Crippen molar-refractivity contribution >= 4 is 11.6 Å². The Bertz CT molecular complexity index is 555. The van der Waals surface area contributed by atoms with Crippen molar-refractivity contribution in [3.63, 3.8) is 0 Å². The fourth-order valence-corrected chi connectivity index (χ4v) is 1.51. The molecule has 0 amide bonds. The van der Waals surface area contributed by atoms with Gasteiger partial charge in [-0.25, -0.2) is 4.98 Å². The molecule has 0 N–H and O–H groups in total. The van der Waals surface area contributed by atoms with Crippen LogP contribution in [0.4, 0.5) is 13.2 Å². The van der Waals surface area contributed by atoms with Gasteiger partial charge in [0.05, 0.1) is 6.20 Å². The van der Waals surface area contributed by atoms with Gasteiger partial charge in [0.2, 0.25) is 0 Å². The van der Waals surface area contributed by atoms with E-state index < -0.39 is 6.36 Å². The van der Waals surface area contributed by atoms with Gasteiger partial charge in [-0.3, -0.25) is 0 Å². The Morgan fingerprint density at radius 2 is 1.65 bits per heavy atom. The van der Waals surface area contributed by atoms with Crippen LogP contribution in [0, 0.1) is 0 Å². The predicted octanol–water partition coefficient (Wildman–Crippen LogP) is 4.21. The summed E-state index contributed by atoms with van der Waals surface area (Å²) < 4.78 is 45.1. The highest BCUT2D eigenvalue weighted by atomic mass is 35.5. The second-order valence-electron chi connectivity index (χ2n) is 3.80. The molecule has 3 nitrogen and oxygen atoms in total. The molecule has 0 spiro atoms. The molecule has 0 fully saturated rings. The Morgan fingerprint density at radius 1 is 1.00 bits per heavy atom. The summed E-state index contributed by atoms with van der Waals surface area (Å²) in [5.74, 6) is 0.249. The Hall–Kier alpha value is -1.95. The number of ether oxygens (including phenoxy) is 2. The van der Waals surface area contributed by atoms with Crippen LogP contribution in [0.15, 0.2) is 42.6 Å². The maximum Gasteiger partial charge on any atom is 0.573 e. The van der Waals surface area contributed by atoms with Gasteiger partial charge >= 0.3 is 6.36 Å². The van der Waals surface area contributed by atoms with Gasteiger partial charge in [0.25, 0.3) is 0 Å². The molecule has 0 atom stereocenters. The molecule has 0 saturated heterocycles. The third kappa shape index (κ3) is 4.62. The van der Waals surface area contributed by atoms with Crippen molar-refractivity contribution in [2.45, 2.75) is 13.0 Å². The summed E-state index contributed by atoms with van der Waals surface area (Å²) in [6, 6.07) is 8.67. The Labute approximate surface area is 117 Å². The molecule has 0 aliphatic heterocycles. The first kappa shape index (κ1) is 14.5. The molecular weight excluding hydrogens is 295 g/mol. The first-order valence-electron chi connectivity index (χ1n) is 5.51. The highest BCUT2D eigenvalue weighted by molar-refractivity contribution is 6.29. The minimum absolute atomic E-state index is 0.204. The summed E-state index contributed by atoms with van der Waals surface area (Å²) >= 11 is 5.63. The van der Waals surface area contributed by atoms with E-state index in [1.54, 1.807) is 12.1 Å². The minimum Gasteiger partial charge on any atom is -0.487 e. The Morgan fingerprint density at radius 3 is 2.20 bits per heavy atom. The molecular formula is C13H9ClF3NO2. The molecule has 0 radical (unpaired) electrons. The number of hydrogen-bond acceptors (Lipinski definition) is 3. The fourth-order valence-electron chi connectivity index (χ4n) is 1.40. The molecule has 0 bridgehead atoms. The molecule has 1 heterocycles. The Kier molecular flexibility index (Phi) is 4.34. The number of alkyl halides is 3. The van der Waals surface area contributed by atoms with Crippen LogP contribution >= 0.6 is 11.6 Å². The number of nitrogens with zero attached hydrogens (tertiary/aromatic N) is 1. The van der Waals surface area contributed by atoms with Crippen molar-refractivity contribution in [1.82, 2.24) is 4.98 Å². The van der Waals surface area contributed by atoms with E-state index in [4.69, 9.17) is 16.3 Å². The highest BCUT2D eigenvalue weighted by Crippen LogP contribution is 2.23. The molecule has 106 valence electrons. The third-order valence-corrected chi connectivity index (χ3v) is 2.49. The van der Waals surface area contributed by atoms with Crippen LogP contribution in [-0.4, -0.2) is 11.3 Å². The van der Waals surface area contributed by atoms with E-state index in [-0.39, 0.29) is 12.4 Å². The maximum atomic E-state index is 12.0. The zero-order valence-electron chi connectivity index (χ0n) is 10.0. The standard InChI is InChI=1S/C13H9ClF3NO2/c14-12-6-5-11(7-18-12)19-8-9-1-3-10(4-2-9)20-13(15,16)17/h1-7H,8H2. The van der Waals surface area contributed by atoms with Crippen molar-refractivity contribution in [2.75, 3.05) is 0 Å². The van der Waals surface area contributed by atoms with Gasteiger partial charge in [0.15, 0.2) is 0 Å². The molecule has 1 aromatic heterocycles. The molecule has 7 heteroatoms. The quantitative estimate of drug-likeness (QED) is 0.793. The lowest BCUT2D eigenvalue weighted by Crippen LogP contribution is -2.17. The lowest BCUT2D eigenvalue weighted by molar-refractivity contribution is -0.274. The minimum atomic E-state index is -4.69. The second kappa shape index (κ2) is 6.00. The molecule has 2 aromatic rings. The largest absolute Gasteiger partial charge is 0.573 e. The summed E-state index contributed by atoms with van der Waals surface area (Å²) in [6.45, 7) is 0.204. The lowest BCUT2D eigenvalue weighted by atomic mass is 10.2. The molecule has 0 saturated carbocycles. The fraction of sp³-hybridized carbons (Fsp3) is 0.154. The summed E-state index contributed by atoms with van der Waals surface area (Å²) in [5, 5.41) is 0.353. The van der Waals surface area contributed by atoms with Gasteiger partial charge in [-0.2, -0.15) is 0 Å². The smallest absolute Gasteiger partial charge is 0.487 e. The van der Waals surface area contributed by atoms with Gasteiger partial charge in [0.1, 0.15) is 23.3 Å². The second-order valence-corrected chi connectivity index (χ2v) is 4.18. The van der Waals surface area contributed by atoms with E-state index in [9.17, 15) is 13.2 Å². The monoisotopic (exact) mass is 303 g/mol. The normalized spacial score (nSPS) is 11.2. The van der Waals surface area contributed by atoms with Crippen molar-refractivity contribution in [3.8, 4) is 11.5 Å². The zero-order chi connectivity index (χ0) is 14.6. The van der Waals surface area contributed by atoms with Gasteiger partial charge in [0, 0.05) is 0 Å². The van der Waals surface area contributed by atoms with E-state index >= 15 is 0 Å². The summed E-state index contributed by atoms with van der Waals surface area (Å²) in [5.41, 5.74) is 0.703. The number of pyridine rings is 1. The number of rotatable bonds is 4. The van der Waals surface area contributed by atoms with Crippen LogP contribution in [-0.2, 0) is 6.61 Å². The van der Waals surface area contributed by atoms with Crippen molar-refractivity contribution in [1.29, 1.82) is 0 Å². The number of benzene rings is 1. The van der Waals surface area contributed by atoms with E-state index in [2.05, 4.69) is 9.72 Å². The number of hydrogen-bond donors (Lipinski definition) is 0. The topological polar surface area (TPSA) is 31.4 Å². The van der Waals surface area contributed by atoms with Crippen LogP contribution in [0.3, 0.4) is 0 Å². The van der Waals surface area contributed by atoms with Crippen LogP contribution in [0.25, 0.3) is 0 Å². The van der Waals surface area contributed by atoms with Crippen LogP contribution in [0.5, 0.6) is 11.5 Å². The predicted molar refractivity (Wildman–Crippen MR) is 66.7 cm³/mol. The van der Waals surface area contributed by atoms with Gasteiger partial charge < -0.3 is 9.47 Å². The van der Waals surface area contributed by atoms with Crippen molar-refractivity contribution in [3.05, 3.63) is 53.3 Å². The third-order valence-electron chi connectivity index (χ3n) is 2.26. The average molecular weight is 304 g/mol. The van der Waals surface area contributed by atoms with Crippen LogP contribution in [0.2, 0.25) is 5.15 Å². The van der Waals surface area contributed by atoms with Gasteiger partial charge in [-0.1, -0.05) is 23.7 Å². The molecule has 0 aliphatic rings. The summed E-state index contributed by atoms with van der Waals surface area (Å²) in [7, 11) is 0. The summed E-state index contributed by atoms with van der Waals surface area (Å²) in [6.07, 6.45) is -3.23. The van der Waals surface area contributed by atoms with Gasteiger partial charge in [-0.05, 0) is 29.8 Å². The van der Waals surface area contributed by atoms with E-state index in [0.29, 0.717) is 16.5 Å². The Balaban J connectivity index is 1.92. The van der Waals surface area contributed by atoms with Crippen LogP contribution in [0.1, 0.15) is 5.56 Å². The lowest BCUT2D eigenvalue weighted by Gasteiger charge is -2.10. The van der Waals surface area contributed by atoms with Crippen molar-refractivity contribution < 1.29 is 22.6 Å². The zero-order valence-corrected chi connectivity index (χ0v) is 10.8. The van der Waals surface area contributed by atoms with E-state index in [1.165, 1.54) is 30.5 Å². The number of halogens is 4. The van der Waals surface area contributed by atoms with Crippen molar-refractivity contribution in [2.24, 2.45) is 0 Å². The highest BCUT2D eigenvalue weighted by Gasteiger charge is 2.30. The number of aromatic nitrogens is 1. The maximum absolute atomic E-state index is 12.0. The first-order valence-corrected chi connectivity index (χ1v) is 5.89. The SMILES string of the molecule is FC(F)(F)Oc1ccc(COc2ccc(Cl)nc2)cc1. The van der Waals surface area contributed by atoms with E-state index in [1.807, 2.05) is 0 Å². The molecule has 2 rings (SSSR count). The first-order chi connectivity index (χ1) is 9.42. The van der Waals surface area contributed by atoms with E-state index in [0.717, 1.165) is 0 Å². The molecule has 0 aliphatic carbocycles. The molecule has 0 unspecified atom stereocenters. The van der Waals surface area contributed by atoms with Gasteiger partial charge in [-0.15, -0.1) is 13.2 Å².